The number of phenolic OH excluding ortho intramolecular Hbond substituents is 1. The molecule has 0 aliphatic carbocycles. The predicted octanol–water partition coefficient (Wildman–Crippen LogP) is 0.921. The minimum Gasteiger partial charge on any atom is -0.505 e. The first-order chi connectivity index (χ1) is 9.58. The van der Waals surface area contributed by atoms with Crippen molar-refractivity contribution in [3.05, 3.63) is 41.0 Å². The van der Waals surface area contributed by atoms with E-state index >= 15 is 0 Å². The van der Waals surface area contributed by atoms with Gasteiger partial charge in [0.05, 0.1) is 11.5 Å². The molecule has 9 nitrogen and oxygen atoms in total. The maximum Gasteiger partial charge on any atom is 0.296 e. The molecule has 0 saturated carbocycles. The number of benzene rings is 1. The number of hydrogen-bond acceptors (Lipinski definition) is 6. The molecule has 0 atom stereocenters. The third-order valence-corrected chi connectivity index (χ3v) is 2.52. The molecule has 1 amide bonds. The van der Waals surface area contributed by atoms with Crippen LogP contribution in [0.25, 0.3) is 0 Å². The first-order valence-electron chi connectivity index (χ1n) is 5.66. The molecule has 9 heteroatoms. The van der Waals surface area contributed by atoms with Gasteiger partial charge in [-0.1, -0.05) is 6.07 Å². The molecular weight excluding hydrogens is 266 g/mol. The van der Waals surface area contributed by atoms with Gasteiger partial charge >= 0.3 is 0 Å². The fraction of sp³-hybridized carbons (Fsp3) is 0.182. The lowest BCUT2D eigenvalue weighted by Gasteiger charge is -2.07. The second-order valence-electron chi connectivity index (χ2n) is 3.89. The molecule has 0 fully saturated rings. The number of aromatic nitrogens is 3. The van der Waals surface area contributed by atoms with Gasteiger partial charge in [-0.25, -0.2) is 4.98 Å². The highest BCUT2D eigenvalue weighted by molar-refractivity contribution is 5.94. The van der Waals surface area contributed by atoms with E-state index in [1.165, 1.54) is 35.5 Å². The van der Waals surface area contributed by atoms with Crippen LogP contribution in [0.1, 0.15) is 6.42 Å². The Morgan fingerprint density at radius 3 is 2.95 bits per heavy atom. The molecule has 2 N–H and O–H groups in total. The topological polar surface area (TPSA) is 123 Å². The Labute approximate surface area is 113 Å². The number of carbonyl (C=O) groups is 1. The Bertz CT molecular complexity index is 626. The Balaban J connectivity index is 2.06. The third kappa shape index (κ3) is 3.07. The normalized spacial score (nSPS) is 10.2. The van der Waals surface area contributed by atoms with E-state index in [1.54, 1.807) is 0 Å². The number of anilines is 1. The number of amides is 1. The zero-order valence-corrected chi connectivity index (χ0v) is 10.3. The van der Waals surface area contributed by atoms with E-state index < -0.39 is 10.8 Å². The van der Waals surface area contributed by atoms with E-state index in [2.05, 4.69) is 15.4 Å². The number of carbonyl (C=O) groups excluding carboxylic acids is 1. The molecule has 0 saturated heterocycles. The minimum atomic E-state index is -0.674. The second-order valence-corrected chi connectivity index (χ2v) is 3.89. The van der Waals surface area contributed by atoms with E-state index in [9.17, 15) is 20.0 Å². The van der Waals surface area contributed by atoms with Gasteiger partial charge in [0.25, 0.3) is 5.69 Å². The summed E-state index contributed by atoms with van der Waals surface area (Å²) >= 11 is 0. The number of para-hydroxylation sites is 1. The Morgan fingerprint density at radius 2 is 2.30 bits per heavy atom. The molecule has 0 unspecified atom stereocenters. The van der Waals surface area contributed by atoms with Crippen molar-refractivity contribution in [2.24, 2.45) is 0 Å². The molecule has 0 spiro atoms. The van der Waals surface area contributed by atoms with Crippen molar-refractivity contribution >= 4 is 17.3 Å². The lowest BCUT2D eigenvalue weighted by atomic mass is 10.2. The number of nitrogens with zero attached hydrogens (tertiary/aromatic N) is 4. The Hall–Kier alpha value is -2.97. The van der Waals surface area contributed by atoms with E-state index in [-0.39, 0.29) is 30.1 Å². The number of nitro benzene ring substituents is 1. The van der Waals surface area contributed by atoms with Gasteiger partial charge in [0.2, 0.25) is 5.91 Å². The van der Waals surface area contributed by atoms with Gasteiger partial charge in [-0.15, -0.1) is 0 Å². The Kier molecular flexibility index (Phi) is 3.89. The quantitative estimate of drug-likeness (QED) is 0.476. The van der Waals surface area contributed by atoms with Gasteiger partial charge < -0.3 is 10.4 Å². The van der Waals surface area contributed by atoms with Crippen LogP contribution in [-0.2, 0) is 11.3 Å². The molecule has 0 aliphatic rings. The van der Waals surface area contributed by atoms with Crippen LogP contribution < -0.4 is 5.32 Å². The summed E-state index contributed by atoms with van der Waals surface area (Å²) in [6.07, 6.45) is 2.84. The van der Waals surface area contributed by atoms with Crippen LogP contribution in [0.4, 0.5) is 11.4 Å². The fourth-order valence-electron chi connectivity index (χ4n) is 1.57. The van der Waals surface area contributed by atoms with Gasteiger partial charge in [0.15, 0.2) is 5.69 Å². The SMILES string of the molecule is O=C(CCn1cncn1)Nc1c(O)cccc1[N+](=O)[O-]. The molecule has 1 aromatic carbocycles. The number of aromatic hydroxyl groups is 1. The van der Waals surface area contributed by atoms with Gasteiger partial charge in [-0.3, -0.25) is 19.6 Å². The monoisotopic (exact) mass is 277 g/mol. The zero-order valence-electron chi connectivity index (χ0n) is 10.3. The smallest absolute Gasteiger partial charge is 0.296 e. The standard InChI is InChI=1S/C11H11N5O4/c17-9-3-1-2-8(16(19)20)11(9)14-10(18)4-5-15-7-12-6-13-15/h1-3,6-7,17H,4-5H2,(H,14,18). The number of hydrogen-bond donors (Lipinski definition) is 2. The average Bonchev–Trinajstić information content (AvgIpc) is 2.91. The maximum atomic E-state index is 11.7. The molecule has 2 aromatic rings. The summed E-state index contributed by atoms with van der Waals surface area (Å²) in [5, 5.41) is 26.6. The predicted molar refractivity (Wildman–Crippen MR) is 68.0 cm³/mol. The number of aryl methyl sites for hydroxylation is 1. The van der Waals surface area contributed by atoms with E-state index in [0.29, 0.717) is 0 Å². The molecule has 104 valence electrons. The summed E-state index contributed by atoms with van der Waals surface area (Å²) in [6, 6.07) is 3.80. The highest BCUT2D eigenvalue weighted by atomic mass is 16.6. The molecule has 1 aromatic heterocycles. The van der Waals surface area contributed by atoms with Gasteiger partial charge in [-0.2, -0.15) is 5.10 Å². The van der Waals surface area contributed by atoms with Crippen LogP contribution in [0.15, 0.2) is 30.9 Å². The molecule has 0 bridgehead atoms. The van der Waals surface area contributed by atoms with Crippen molar-refractivity contribution in [3.8, 4) is 5.75 Å². The third-order valence-electron chi connectivity index (χ3n) is 2.52. The summed E-state index contributed by atoms with van der Waals surface area (Å²) in [7, 11) is 0. The molecule has 2 rings (SSSR count). The molecule has 0 aliphatic heterocycles. The fourth-order valence-corrected chi connectivity index (χ4v) is 1.57. The summed E-state index contributed by atoms with van der Waals surface area (Å²) in [5.41, 5.74) is -0.569. The lowest BCUT2D eigenvalue weighted by Crippen LogP contribution is -2.15. The summed E-state index contributed by atoms with van der Waals surface area (Å²) < 4.78 is 1.46. The van der Waals surface area contributed by atoms with Crippen LogP contribution in [0, 0.1) is 10.1 Å². The summed E-state index contributed by atoms with van der Waals surface area (Å²) in [6.45, 7) is 0.285. The first kappa shape index (κ1) is 13.5. The van der Waals surface area contributed by atoms with Gasteiger partial charge in [0, 0.05) is 12.5 Å². The van der Waals surface area contributed by atoms with Crippen molar-refractivity contribution in [1.29, 1.82) is 0 Å². The minimum absolute atomic E-state index is 0.0504. The number of phenols is 1. The van der Waals surface area contributed by atoms with Crippen molar-refractivity contribution in [2.75, 3.05) is 5.32 Å². The highest BCUT2D eigenvalue weighted by Crippen LogP contribution is 2.33. The van der Waals surface area contributed by atoms with Crippen molar-refractivity contribution in [2.45, 2.75) is 13.0 Å². The van der Waals surface area contributed by atoms with Crippen molar-refractivity contribution in [1.82, 2.24) is 14.8 Å². The Morgan fingerprint density at radius 1 is 1.50 bits per heavy atom. The molecular formula is C11H11N5O4. The summed E-state index contributed by atoms with van der Waals surface area (Å²) in [5.74, 6) is -0.821. The second kappa shape index (κ2) is 5.78. The maximum absolute atomic E-state index is 11.7. The average molecular weight is 277 g/mol. The molecule has 20 heavy (non-hydrogen) atoms. The molecule has 0 radical (unpaired) electrons. The molecule has 1 heterocycles. The number of nitrogens with one attached hydrogen (secondary N) is 1. The lowest BCUT2D eigenvalue weighted by molar-refractivity contribution is -0.384. The van der Waals surface area contributed by atoms with Crippen LogP contribution >= 0.6 is 0 Å². The van der Waals surface area contributed by atoms with E-state index in [1.807, 2.05) is 0 Å². The van der Waals surface area contributed by atoms with Crippen LogP contribution in [0.5, 0.6) is 5.75 Å². The van der Waals surface area contributed by atoms with Gasteiger partial charge in [0.1, 0.15) is 18.4 Å². The number of rotatable bonds is 5. The van der Waals surface area contributed by atoms with Gasteiger partial charge in [-0.05, 0) is 6.07 Å². The van der Waals surface area contributed by atoms with Crippen LogP contribution in [0.2, 0.25) is 0 Å². The highest BCUT2D eigenvalue weighted by Gasteiger charge is 2.19. The van der Waals surface area contributed by atoms with Crippen molar-refractivity contribution in [3.63, 3.8) is 0 Å². The first-order valence-corrected chi connectivity index (χ1v) is 5.66. The largest absolute Gasteiger partial charge is 0.505 e. The summed E-state index contributed by atoms with van der Waals surface area (Å²) in [4.78, 5) is 25.6. The van der Waals surface area contributed by atoms with E-state index in [0.717, 1.165) is 0 Å². The van der Waals surface area contributed by atoms with Crippen LogP contribution in [-0.4, -0.2) is 30.7 Å². The van der Waals surface area contributed by atoms with Crippen molar-refractivity contribution < 1.29 is 14.8 Å². The van der Waals surface area contributed by atoms with E-state index in [4.69, 9.17) is 0 Å². The zero-order chi connectivity index (χ0) is 14.5. The van der Waals surface area contributed by atoms with Crippen LogP contribution in [0.3, 0.4) is 0 Å². The number of nitro groups is 1.